The lowest BCUT2D eigenvalue weighted by Gasteiger charge is -2.10. The molecule has 0 saturated carbocycles. The number of pyridine rings is 1. The fraction of sp³-hybridized carbons (Fsp3) is 0.125. The Morgan fingerprint density at radius 1 is 1.04 bits per heavy atom. The number of aromatic nitrogens is 3. The minimum atomic E-state index is -3.90. The lowest BCUT2D eigenvalue weighted by molar-refractivity contribution is 0.552. The van der Waals surface area contributed by atoms with Gasteiger partial charge in [0.25, 0.3) is 0 Å². The highest BCUT2D eigenvalue weighted by atomic mass is 32.2. The van der Waals surface area contributed by atoms with E-state index >= 15 is 0 Å². The molecule has 2 aromatic heterocycles. The Kier molecular flexibility index (Phi) is 4.68. The molecule has 0 bridgehead atoms. The Morgan fingerprint density at radius 3 is 2.58 bits per heavy atom. The SMILES string of the molecule is O=S(=O)(NCCn1ccnc1-c1ccccn1)c1ccccc1F. The van der Waals surface area contributed by atoms with Gasteiger partial charge in [0.15, 0.2) is 5.82 Å². The third-order valence-electron chi connectivity index (χ3n) is 3.38. The fourth-order valence-corrected chi connectivity index (χ4v) is 3.36. The number of nitrogens with zero attached hydrogens (tertiary/aromatic N) is 3. The molecular formula is C16H15FN4O2S. The summed E-state index contributed by atoms with van der Waals surface area (Å²) in [6.45, 7) is 0.451. The maximum Gasteiger partial charge on any atom is 0.243 e. The van der Waals surface area contributed by atoms with Crippen molar-refractivity contribution in [3.05, 3.63) is 66.9 Å². The van der Waals surface area contributed by atoms with E-state index in [4.69, 9.17) is 0 Å². The van der Waals surface area contributed by atoms with Crippen LogP contribution in [0.1, 0.15) is 0 Å². The molecule has 0 saturated heterocycles. The topological polar surface area (TPSA) is 76.9 Å². The molecule has 0 radical (unpaired) electrons. The number of halogens is 1. The van der Waals surface area contributed by atoms with Crippen LogP contribution < -0.4 is 4.72 Å². The van der Waals surface area contributed by atoms with Gasteiger partial charge in [-0.1, -0.05) is 18.2 Å². The van der Waals surface area contributed by atoms with Gasteiger partial charge in [-0.05, 0) is 24.3 Å². The van der Waals surface area contributed by atoms with E-state index in [1.807, 2.05) is 12.1 Å². The molecule has 24 heavy (non-hydrogen) atoms. The lowest BCUT2D eigenvalue weighted by atomic mass is 10.3. The first-order chi connectivity index (χ1) is 11.6. The second-order valence-electron chi connectivity index (χ2n) is 4.99. The first-order valence-corrected chi connectivity index (χ1v) is 8.73. The summed E-state index contributed by atoms with van der Waals surface area (Å²) < 4.78 is 42.1. The normalized spacial score (nSPS) is 11.5. The van der Waals surface area contributed by atoms with Crippen LogP contribution in [-0.4, -0.2) is 29.5 Å². The molecule has 0 amide bonds. The smallest absolute Gasteiger partial charge is 0.243 e. The Balaban J connectivity index is 1.70. The Hall–Kier alpha value is -2.58. The van der Waals surface area contributed by atoms with Crippen molar-refractivity contribution in [3.8, 4) is 11.5 Å². The molecule has 0 spiro atoms. The van der Waals surface area contributed by atoms with Gasteiger partial charge < -0.3 is 4.57 Å². The predicted octanol–water partition coefficient (Wildman–Crippen LogP) is 2.06. The molecule has 3 rings (SSSR count). The van der Waals surface area contributed by atoms with Gasteiger partial charge in [-0.2, -0.15) is 0 Å². The van der Waals surface area contributed by atoms with Crippen molar-refractivity contribution in [2.45, 2.75) is 11.4 Å². The standard InChI is InChI=1S/C16H15FN4O2S/c17-13-5-1-2-7-15(13)24(22,23)20-10-12-21-11-9-19-16(21)14-6-3-4-8-18-14/h1-9,11,20H,10,12H2. The van der Waals surface area contributed by atoms with Gasteiger partial charge in [0, 0.05) is 31.7 Å². The van der Waals surface area contributed by atoms with Crippen LogP contribution in [0.15, 0.2) is 66.0 Å². The van der Waals surface area contributed by atoms with Crippen molar-refractivity contribution in [2.24, 2.45) is 0 Å². The molecule has 124 valence electrons. The molecule has 6 nitrogen and oxygen atoms in total. The van der Waals surface area contributed by atoms with Crippen molar-refractivity contribution in [3.63, 3.8) is 0 Å². The van der Waals surface area contributed by atoms with Gasteiger partial charge in [-0.15, -0.1) is 0 Å². The summed E-state index contributed by atoms with van der Waals surface area (Å²) in [6.07, 6.45) is 5.02. The van der Waals surface area contributed by atoms with Crippen LogP contribution in [-0.2, 0) is 16.6 Å². The number of rotatable bonds is 6. The van der Waals surface area contributed by atoms with Crippen LogP contribution in [0.4, 0.5) is 4.39 Å². The van der Waals surface area contributed by atoms with Crippen molar-refractivity contribution in [2.75, 3.05) is 6.54 Å². The van der Waals surface area contributed by atoms with Crippen LogP contribution >= 0.6 is 0 Å². The zero-order valence-electron chi connectivity index (χ0n) is 12.6. The van der Waals surface area contributed by atoms with Gasteiger partial charge in [-0.3, -0.25) is 4.98 Å². The number of hydrogen-bond donors (Lipinski definition) is 1. The average Bonchev–Trinajstić information content (AvgIpc) is 3.04. The van der Waals surface area contributed by atoms with E-state index in [0.29, 0.717) is 18.1 Å². The van der Waals surface area contributed by atoms with Gasteiger partial charge in [0.2, 0.25) is 10.0 Å². The van der Waals surface area contributed by atoms with Crippen molar-refractivity contribution >= 4 is 10.0 Å². The summed E-state index contributed by atoms with van der Waals surface area (Å²) in [5.74, 6) is -0.137. The molecule has 0 unspecified atom stereocenters. The second kappa shape index (κ2) is 6.90. The first kappa shape index (κ1) is 16.3. The summed E-state index contributed by atoms with van der Waals surface area (Å²) in [6, 6.07) is 10.7. The number of nitrogens with one attached hydrogen (secondary N) is 1. The maximum atomic E-state index is 13.6. The molecule has 0 aliphatic rings. The average molecular weight is 346 g/mol. The minimum absolute atomic E-state index is 0.104. The zero-order chi connectivity index (χ0) is 17.0. The lowest BCUT2D eigenvalue weighted by Crippen LogP contribution is -2.28. The second-order valence-corrected chi connectivity index (χ2v) is 6.72. The largest absolute Gasteiger partial charge is 0.328 e. The van der Waals surface area contributed by atoms with Gasteiger partial charge in [0.05, 0.1) is 0 Å². The number of sulfonamides is 1. The third-order valence-corrected chi connectivity index (χ3v) is 4.87. The van der Waals surface area contributed by atoms with E-state index in [1.54, 1.807) is 29.2 Å². The van der Waals surface area contributed by atoms with Crippen molar-refractivity contribution in [1.29, 1.82) is 0 Å². The van der Waals surface area contributed by atoms with E-state index in [0.717, 1.165) is 6.07 Å². The van der Waals surface area contributed by atoms with Gasteiger partial charge in [-0.25, -0.2) is 22.5 Å². The Morgan fingerprint density at radius 2 is 1.83 bits per heavy atom. The Bertz CT molecular complexity index is 926. The summed E-state index contributed by atoms with van der Waals surface area (Å²) in [7, 11) is -3.90. The molecule has 0 aliphatic heterocycles. The predicted molar refractivity (Wildman–Crippen MR) is 87.0 cm³/mol. The summed E-state index contributed by atoms with van der Waals surface area (Å²) in [4.78, 5) is 8.10. The summed E-state index contributed by atoms with van der Waals surface area (Å²) >= 11 is 0. The van der Waals surface area contributed by atoms with Crippen molar-refractivity contribution in [1.82, 2.24) is 19.3 Å². The molecule has 1 N–H and O–H groups in total. The molecule has 8 heteroatoms. The monoisotopic (exact) mass is 346 g/mol. The number of imidazole rings is 1. The quantitative estimate of drug-likeness (QED) is 0.741. The fourth-order valence-electron chi connectivity index (χ4n) is 2.26. The van der Waals surface area contributed by atoms with E-state index in [1.165, 1.54) is 18.2 Å². The molecular weight excluding hydrogens is 331 g/mol. The third kappa shape index (κ3) is 3.50. The van der Waals surface area contributed by atoms with E-state index in [2.05, 4.69) is 14.7 Å². The molecule has 0 atom stereocenters. The summed E-state index contributed by atoms with van der Waals surface area (Å²) in [5.41, 5.74) is 0.694. The van der Waals surface area contributed by atoms with E-state index in [-0.39, 0.29) is 11.4 Å². The van der Waals surface area contributed by atoms with E-state index < -0.39 is 15.8 Å². The maximum absolute atomic E-state index is 13.6. The Labute approximate surface area is 139 Å². The van der Waals surface area contributed by atoms with Crippen LogP contribution in [0.25, 0.3) is 11.5 Å². The van der Waals surface area contributed by atoms with Crippen LogP contribution in [0.3, 0.4) is 0 Å². The highest BCUT2D eigenvalue weighted by Gasteiger charge is 2.18. The summed E-state index contributed by atoms with van der Waals surface area (Å²) in [5, 5.41) is 0. The zero-order valence-corrected chi connectivity index (χ0v) is 13.4. The molecule has 0 fully saturated rings. The molecule has 1 aromatic carbocycles. The van der Waals surface area contributed by atoms with Gasteiger partial charge >= 0.3 is 0 Å². The minimum Gasteiger partial charge on any atom is -0.328 e. The van der Waals surface area contributed by atoms with Crippen LogP contribution in [0, 0.1) is 5.82 Å². The highest BCUT2D eigenvalue weighted by molar-refractivity contribution is 7.89. The van der Waals surface area contributed by atoms with Crippen molar-refractivity contribution < 1.29 is 12.8 Å². The number of benzene rings is 1. The first-order valence-electron chi connectivity index (χ1n) is 7.25. The molecule has 2 heterocycles. The van der Waals surface area contributed by atoms with Crippen LogP contribution in [0.2, 0.25) is 0 Å². The molecule has 0 aliphatic carbocycles. The van der Waals surface area contributed by atoms with Crippen LogP contribution in [0.5, 0.6) is 0 Å². The highest BCUT2D eigenvalue weighted by Crippen LogP contribution is 2.15. The molecule has 3 aromatic rings. The number of hydrogen-bond acceptors (Lipinski definition) is 4. The van der Waals surface area contributed by atoms with E-state index in [9.17, 15) is 12.8 Å². The van der Waals surface area contributed by atoms with Gasteiger partial charge in [0.1, 0.15) is 16.4 Å².